The average Bonchev–Trinajstić information content (AvgIpc) is 2.97. The van der Waals surface area contributed by atoms with E-state index >= 15 is 0 Å². The van der Waals surface area contributed by atoms with Crippen molar-refractivity contribution in [1.82, 2.24) is 4.98 Å². The second-order valence-electron chi connectivity index (χ2n) is 5.49. The molecule has 8 nitrogen and oxygen atoms in total. The van der Waals surface area contributed by atoms with Crippen molar-refractivity contribution in [1.29, 1.82) is 0 Å². The molecule has 0 saturated carbocycles. The van der Waals surface area contributed by atoms with E-state index in [1.54, 1.807) is 12.1 Å². The van der Waals surface area contributed by atoms with Crippen LogP contribution >= 0.6 is 27.5 Å². The summed E-state index contributed by atoms with van der Waals surface area (Å²) >= 11 is 9.46. The Morgan fingerprint density at radius 3 is 2.62 bits per heavy atom. The third-order valence-electron chi connectivity index (χ3n) is 4.13. The molecule has 1 saturated heterocycles. The lowest BCUT2D eigenvalue weighted by Crippen LogP contribution is -2.65. The number of carboxylic acid groups (broad SMARTS) is 1. The number of aliphatic carboxylic acids is 1. The number of nitrogens with one attached hydrogen (secondary N) is 1. The van der Waals surface area contributed by atoms with Gasteiger partial charge in [0.1, 0.15) is 12.2 Å². The zero-order valence-electron chi connectivity index (χ0n) is 11.8. The second-order valence-corrected chi connectivity index (χ2v) is 6.72. The summed E-state index contributed by atoms with van der Waals surface area (Å²) in [4.78, 5) is 14.3. The quantitative estimate of drug-likeness (QED) is 0.408. The molecule has 1 aromatic carbocycles. The zero-order chi connectivity index (χ0) is 17.8. The Bertz CT molecular complexity index is 812. The topological polar surface area (TPSA) is 143 Å². The molecule has 1 aromatic heterocycles. The molecular weight excluding hydrogens is 410 g/mol. The van der Waals surface area contributed by atoms with E-state index in [9.17, 15) is 30.3 Å². The number of ether oxygens (including phenoxy) is 1. The highest BCUT2D eigenvalue weighted by atomic mass is 79.9. The van der Waals surface area contributed by atoms with Crippen molar-refractivity contribution in [3.63, 3.8) is 0 Å². The molecule has 5 atom stereocenters. The van der Waals surface area contributed by atoms with Crippen molar-refractivity contribution in [3.05, 3.63) is 33.4 Å². The molecule has 0 radical (unpaired) electrons. The normalized spacial score (nSPS) is 33.8. The molecule has 0 unspecified atom stereocenters. The van der Waals surface area contributed by atoms with Crippen molar-refractivity contribution in [3.8, 4) is 0 Å². The van der Waals surface area contributed by atoms with Gasteiger partial charge in [0.15, 0.2) is 18.0 Å². The lowest BCUT2D eigenvalue weighted by molar-refractivity contribution is -0.316. The smallest absolute Gasteiger partial charge is 0.336 e. The number of hydrogen-bond acceptors (Lipinski definition) is 6. The van der Waals surface area contributed by atoms with E-state index in [1.165, 1.54) is 6.20 Å². The van der Waals surface area contributed by atoms with Crippen molar-refractivity contribution in [2.75, 3.05) is 0 Å². The number of fused-ring (bicyclic) bond motifs is 1. The molecule has 0 aliphatic carbocycles. The van der Waals surface area contributed by atoms with Crippen LogP contribution in [0, 0.1) is 0 Å². The summed E-state index contributed by atoms with van der Waals surface area (Å²) in [6.45, 7) is 0. The van der Waals surface area contributed by atoms with Crippen LogP contribution in [0.3, 0.4) is 0 Å². The first-order valence-corrected chi connectivity index (χ1v) is 7.97. The summed E-state index contributed by atoms with van der Waals surface area (Å²) in [6.07, 6.45) is -6.66. The van der Waals surface area contributed by atoms with Crippen LogP contribution in [0.4, 0.5) is 0 Å². The first-order chi connectivity index (χ1) is 11.2. The predicted octanol–water partition coefficient (Wildman–Crippen LogP) is 0.295. The van der Waals surface area contributed by atoms with Gasteiger partial charge in [-0.3, -0.25) is 0 Å². The van der Waals surface area contributed by atoms with E-state index in [2.05, 4.69) is 20.9 Å². The molecule has 24 heavy (non-hydrogen) atoms. The molecular formula is C14H13BrClNO7. The van der Waals surface area contributed by atoms with Gasteiger partial charge < -0.3 is 35.3 Å². The summed E-state index contributed by atoms with van der Waals surface area (Å²) in [5.41, 5.74) is -2.15. The fourth-order valence-corrected chi connectivity index (χ4v) is 3.51. The predicted molar refractivity (Wildman–Crippen MR) is 85.4 cm³/mol. The van der Waals surface area contributed by atoms with E-state index in [0.29, 0.717) is 9.99 Å². The van der Waals surface area contributed by atoms with Gasteiger partial charge in [-0.05, 0) is 28.1 Å². The Labute approximate surface area is 148 Å². The van der Waals surface area contributed by atoms with Crippen LogP contribution < -0.4 is 0 Å². The number of benzene rings is 1. The molecule has 1 fully saturated rings. The van der Waals surface area contributed by atoms with Gasteiger partial charge in [0.25, 0.3) is 0 Å². The lowest BCUT2D eigenvalue weighted by Gasteiger charge is -2.45. The van der Waals surface area contributed by atoms with Crippen LogP contribution in [-0.4, -0.2) is 61.1 Å². The number of aliphatic hydroxyl groups excluding tert-OH is 3. The molecule has 10 heteroatoms. The first kappa shape index (κ1) is 17.6. The van der Waals surface area contributed by atoms with Crippen molar-refractivity contribution >= 4 is 44.4 Å². The molecule has 130 valence electrons. The maximum atomic E-state index is 11.5. The van der Waals surface area contributed by atoms with Crippen molar-refractivity contribution < 1.29 is 35.1 Å². The zero-order valence-corrected chi connectivity index (χ0v) is 14.2. The van der Waals surface area contributed by atoms with Crippen LogP contribution in [0.5, 0.6) is 0 Å². The number of aromatic amines is 1. The molecule has 0 amide bonds. The molecule has 6 N–H and O–H groups in total. The van der Waals surface area contributed by atoms with Gasteiger partial charge in [-0.15, -0.1) is 0 Å². The summed E-state index contributed by atoms with van der Waals surface area (Å²) < 4.78 is 5.30. The second kappa shape index (κ2) is 5.95. The number of aromatic nitrogens is 1. The van der Waals surface area contributed by atoms with E-state index < -0.39 is 36.2 Å². The Balaban J connectivity index is 2.28. The van der Waals surface area contributed by atoms with Gasteiger partial charge in [0.2, 0.25) is 0 Å². The maximum Gasteiger partial charge on any atom is 0.336 e. The highest BCUT2D eigenvalue weighted by Gasteiger charge is 2.59. The molecule has 3 rings (SSSR count). The summed E-state index contributed by atoms with van der Waals surface area (Å²) in [5, 5.41) is 50.5. The molecule has 0 bridgehead atoms. The van der Waals surface area contributed by atoms with Gasteiger partial charge in [0, 0.05) is 27.1 Å². The third kappa shape index (κ3) is 2.36. The Morgan fingerprint density at radius 2 is 2.00 bits per heavy atom. The Morgan fingerprint density at radius 1 is 1.33 bits per heavy atom. The van der Waals surface area contributed by atoms with Gasteiger partial charge in [-0.25, -0.2) is 4.79 Å². The number of hydrogen-bond donors (Lipinski definition) is 6. The largest absolute Gasteiger partial charge is 0.479 e. The summed E-state index contributed by atoms with van der Waals surface area (Å²) in [7, 11) is 0. The minimum Gasteiger partial charge on any atom is -0.479 e. The minimum absolute atomic E-state index is 0.0744. The SMILES string of the molecule is O=C(O)[C@H]1O[C@@H](O)[C@H](O)[C@@H](O)[C@@]1(O)c1c[nH]c2ccc(Br)c(Cl)c12. The Kier molecular flexibility index (Phi) is 4.37. The van der Waals surface area contributed by atoms with Crippen LogP contribution in [0.25, 0.3) is 10.9 Å². The molecule has 2 heterocycles. The number of H-pyrrole nitrogens is 1. The highest BCUT2D eigenvalue weighted by molar-refractivity contribution is 9.10. The number of carboxylic acids is 1. The Hall–Kier alpha value is -1.20. The van der Waals surface area contributed by atoms with E-state index in [1.807, 2.05) is 0 Å². The fourth-order valence-electron chi connectivity index (χ4n) is 2.91. The van der Waals surface area contributed by atoms with Crippen molar-refractivity contribution in [2.24, 2.45) is 0 Å². The van der Waals surface area contributed by atoms with Crippen LogP contribution in [-0.2, 0) is 15.1 Å². The van der Waals surface area contributed by atoms with Gasteiger partial charge >= 0.3 is 5.97 Å². The van der Waals surface area contributed by atoms with Crippen LogP contribution in [0.2, 0.25) is 5.02 Å². The minimum atomic E-state index is -2.55. The van der Waals surface area contributed by atoms with Crippen LogP contribution in [0.15, 0.2) is 22.8 Å². The van der Waals surface area contributed by atoms with Crippen molar-refractivity contribution in [2.45, 2.75) is 30.2 Å². The standard InChI is InChI=1S/C14H13BrClNO7/c15-5-1-2-6-7(8(5)16)4(3-17-6)14(23)10(19)9(18)13(22)24-11(14)12(20)21/h1-3,9-11,13,17-19,22-23H,(H,20,21)/t9-,10-,11-,13-,14+/m1/s1. The molecule has 2 aromatic rings. The van der Waals surface area contributed by atoms with Gasteiger partial charge in [-0.2, -0.15) is 0 Å². The molecule has 1 aliphatic rings. The average molecular weight is 423 g/mol. The van der Waals surface area contributed by atoms with Gasteiger partial charge in [-0.1, -0.05) is 11.6 Å². The molecule has 1 aliphatic heterocycles. The summed E-state index contributed by atoms with van der Waals surface area (Å²) in [5.74, 6) is -1.62. The first-order valence-electron chi connectivity index (χ1n) is 6.80. The van der Waals surface area contributed by atoms with Gasteiger partial charge in [0.05, 0.1) is 5.02 Å². The number of aliphatic hydroxyl groups is 4. The highest BCUT2D eigenvalue weighted by Crippen LogP contribution is 2.44. The summed E-state index contributed by atoms with van der Waals surface area (Å²) in [6, 6.07) is 3.28. The van der Waals surface area contributed by atoms with E-state index in [0.717, 1.165) is 0 Å². The molecule has 0 spiro atoms. The fraction of sp³-hybridized carbons (Fsp3) is 0.357. The maximum absolute atomic E-state index is 11.5. The lowest BCUT2D eigenvalue weighted by atomic mass is 9.78. The third-order valence-corrected chi connectivity index (χ3v) is 5.42. The number of rotatable bonds is 2. The number of carbonyl (C=O) groups is 1. The van der Waals surface area contributed by atoms with Crippen LogP contribution in [0.1, 0.15) is 5.56 Å². The monoisotopic (exact) mass is 421 g/mol. The van der Waals surface area contributed by atoms with E-state index in [4.69, 9.17) is 16.3 Å². The number of halogens is 2. The van der Waals surface area contributed by atoms with E-state index in [-0.39, 0.29) is 16.0 Å².